The van der Waals surface area contributed by atoms with Crippen molar-refractivity contribution < 1.29 is 9.53 Å². The second-order valence-corrected chi connectivity index (χ2v) is 6.34. The molecule has 2 N–H and O–H groups in total. The first-order valence-corrected chi connectivity index (χ1v) is 7.82. The molecule has 2 rings (SSSR count). The van der Waals surface area contributed by atoms with Crippen LogP contribution in [0.2, 0.25) is 0 Å². The average molecular weight is 392 g/mol. The van der Waals surface area contributed by atoms with Gasteiger partial charge in [-0.15, -0.1) is 24.2 Å². The average Bonchev–Trinajstić information content (AvgIpc) is 2.44. The predicted octanol–water partition coefficient (Wildman–Crippen LogP) is 3.32. The highest BCUT2D eigenvalue weighted by molar-refractivity contribution is 9.10. The Hall–Kier alpha value is -0.820. The molecule has 21 heavy (non-hydrogen) atoms. The number of aryl methyl sites for hydroxylation is 1. The first kappa shape index (κ1) is 18.2. The number of methoxy groups -OCH3 is 1. The van der Waals surface area contributed by atoms with E-state index < -0.39 is 12.0 Å². The van der Waals surface area contributed by atoms with Crippen molar-refractivity contribution in [2.75, 3.05) is 12.9 Å². The number of thioether (sulfide) groups is 1. The van der Waals surface area contributed by atoms with E-state index in [0.717, 1.165) is 26.0 Å². The molecule has 0 aliphatic heterocycles. The first-order valence-electron chi connectivity index (χ1n) is 6.04. The molecule has 0 saturated heterocycles. The largest absolute Gasteiger partial charge is 0.468 e. The molecule has 1 heterocycles. The summed E-state index contributed by atoms with van der Waals surface area (Å²) < 4.78 is 5.63. The summed E-state index contributed by atoms with van der Waals surface area (Å²) in [7, 11) is 1.34. The summed E-state index contributed by atoms with van der Waals surface area (Å²) in [6.07, 6.45) is 0. The van der Waals surface area contributed by atoms with Crippen LogP contribution < -0.4 is 5.73 Å². The quantitative estimate of drug-likeness (QED) is 0.640. The van der Waals surface area contributed by atoms with Gasteiger partial charge in [-0.3, -0.25) is 9.78 Å². The molecule has 0 aliphatic rings. The summed E-state index contributed by atoms with van der Waals surface area (Å²) >= 11 is 5.00. The number of ether oxygens (including phenoxy) is 1. The van der Waals surface area contributed by atoms with Crippen LogP contribution in [0.4, 0.5) is 0 Å². The highest BCUT2D eigenvalue weighted by Crippen LogP contribution is 2.30. The molecule has 0 radical (unpaired) electrons. The van der Waals surface area contributed by atoms with E-state index in [1.165, 1.54) is 18.9 Å². The lowest BCUT2D eigenvalue weighted by Crippen LogP contribution is -2.33. The van der Waals surface area contributed by atoms with Crippen LogP contribution in [0.15, 0.2) is 33.6 Å². The molecule has 4 nitrogen and oxygen atoms in total. The van der Waals surface area contributed by atoms with Gasteiger partial charge in [-0.1, -0.05) is 15.9 Å². The molecule has 1 unspecified atom stereocenters. The van der Waals surface area contributed by atoms with Crippen molar-refractivity contribution in [2.45, 2.75) is 17.9 Å². The van der Waals surface area contributed by atoms with Crippen molar-refractivity contribution >= 4 is 57.0 Å². The standard InChI is InChI=1S/C14H15BrN2O2S.ClH/c1-8-5-13(20-7-11(16)14(18)19-2)10-6-9(15)3-4-12(10)17-8;/h3-6,11H,7,16H2,1-2H3;1H. The number of esters is 1. The van der Waals surface area contributed by atoms with Crippen molar-refractivity contribution in [2.24, 2.45) is 5.73 Å². The van der Waals surface area contributed by atoms with Gasteiger partial charge >= 0.3 is 5.97 Å². The van der Waals surface area contributed by atoms with Crippen LogP contribution in [0.3, 0.4) is 0 Å². The van der Waals surface area contributed by atoms with E-state index in [1.54, 1.807) is 0 Å². The van der Waals surface area contributed by atoms with Gasteiger partial charge in [0.1, 0.15) is 6.04 Å². The third kappa shape index (κ3) is 4.57. The Bertz CT molecular complexity index is 654. The second-order valence-electron chi connectivity index (χ2n) is 4.36. The van der Waals surface area contributed by atoms with Gasteiger partial charge in [0.15, 0.2) is 0 Å². The summed E-state index contributed by atoms with van der Waals surface area (Å²) in [6.45, 7) is 1.95. The summed E-state index contributed by atoms with van der Waals surface area (Å²) in [6, 6.07) is 7.33. The molecule has 2 aromatic rings. The minimum atomic E-state index is -0.624. The van der Waals surface area contributed by atoms with Crippen molar-refractivity contribution in [1.82, 2.24) is 4.98 Å². The molecule has 1 aromatic heterocycles. The van der Waals surface area contributed by atoms with E-state index >= 15 is 0 Å². The number of carbonyl (C=O) groups is 1. The van der Waals surface area contributed by atoms with E-state index in [4.69, 9.17) is 5.73 Å². The monoisotopic (exact) mass is 390 g/mol. The fourth-order valence-corrected chi connectivity index (χ4v) is 3.24. The SMILES string of the molecule is COC(=O)C(N)CSc1cc(C)nc2ccc(Br)cc12.Cl. The van der Waals surface area contributed by atoms with Crippen molar-refractivity contribution in [3.8, 4) is 0 Å². The number of nitrogens with zero attached hydrogens (tertiary/aromatic N) is 1. The number of fused-ring (bicyclic) bond motifs is 1. The van der Waals surface area contributed by atoms with Crippen LogP contribution >= 0.6 is 40.1 Å². The zero-order valence-corrected chi connectivity index (χ0v) is 14.8. The van der Waals surface area contributed by atoms with Gasteiger partial charge in [-0.25, -0.2) is 0 Å². The molecule has 1 atom stereocenters. The van der Waals surface area contributed by atoms with Crippen LogP contribution in [0.25, 0.3) is 10.9 Å². The van der Waals surface area contributed by atoms with E-state index in [0.29, 0.717) is 5.75 Å². The summed E-state index contributed by atoms with van der Waals surface area (Å²) in [5, 5.41) is 1.05. The molecular weight excluding hydrogens is 376 g/mol. The van der Waals surface area contributed by atoms with Crippen LogP contribution in [0.1, 0.15) is 5.69 Å². The zero-order chi connectivity index (χ0) is 14.7. The summed E-state index contributed by atoms with van der Waals surface area (Å²) in [5.74, 6) is 0.0753. The van der Waals surface area contributed by atoms with Crippen LogP contribution in [0, 0.1) is 6.92 Å². The van der Waals surface area contributed by atoms with Crippen LogP contribution in [-0.2, 0) is 9.53 Å². The Balaban J connectivity index is 0.00000220. The maximum atomic E-state index is 11.3. The Morgan fingerprint density at radius 2 is 2.19 bits per heavy atom. The Morgan fingerprint density at radius 3 is 2.86 bits per heavy atom. The molecule has 7 heteroatoms. The Morgan fingerprint density at radius 1 is 1.48 bits per heavy atom. The molecule has 1 aromatic carbocycles. The number of hydrogen-bond acceptors (Lipinski definition) is 5. The van der Waals surface area contributed by atoms with Gasteiger partial charge in [0, 0.05) is 26.2 Å². The molecule has 0 saturated carbocycles. The molecule has 0 spiro atoms. The van der Waals surface area contributed by atoms with Crippen molar-refractivity contribution in [1.29, 1.82) is 0 Å². The number of aromatic nitrogens is 1. The molecule has 0 fully saturated rings. The molecule has 114 valence electrons. The van der Waals surface area contributed by atoms with E-state index in [2.05, 4.69) is 25.7 Å². The third-order valence-corrected chi connectivity index (χ3v) is 4.45. The highest BCUT2D eigenvalue weighted by Gasteiger charge is 2.15. The van der Waals surface area contributed by atoms with Gasteiger partial charge in [-0.2, -0.15) is 0 Å². The van der Waals surface area contributed by atoms with Crippen LogP contribution in [0.5, 0.6) is 0 Å². The van der Waals surface area contributed by atoms with Gasteiger partial charge in [0.2, 0.25) is 0 Å². The molecule has 0 bridgehead atoms. The molecular formula is C14H16BrClN2O2S. The summed E-state index contributed by atoms with van der Waals surface area (Å²) in [5.41, 5.74) is 7.64. The topological polar surface area (TPSA) is 65.2 Å². The van der Waals surface area contributed by atoms with E-state index in [1.807, 2.05) is 31.2 Å². The van der Waals surface area contributed by atoms with Gasteiger partial charge in [0.25, 0.3) is 0 Å². The number of benzene rings is 1. The number of carbonyl (C=O) groups excluding carboxylic acids is 1. The minimum Gasteiger partial charge on any atom is -0.468 e. The molecule has 0 aliphatic carbocycles. The van der Waals surface area contributed by atoms with Gasteiger partial charge in [0.05, 0.1) is 12.6 Å². The summed E-state index contributed by atoms with van der Waals surface area (Å²) in [4.78, 5) is 16.9. The Labute approximate surface area is 142 Å². The van der Waals surface area contributed by atoms with E-state index in [-0.39, 0.29) is 12.4 Å². The number of rotatable bonds is 4. The normalized spacial score (nSPS) is 11.8. The smallest absolute Gasteiger partial charge is 0.323 e. The Kier molecular flexibility index (Phi) is 6.93. The van der Waals surface area contributed by atoms with Crippen molar-refractivity contribution in [3.63, 3.8) is 0 Å². The lowest BCUT2D eigenvalue weighted by Gasteiger charge is -2.11. The number of nitrogens with two attached hydrogens (primary N) is 1. The highest BCUT2D eigenvalue weighted by atomic mass is 79.9. The number of halogens is 2. The predicted molar refractivity (Wildman–Crippen MR) is 92.1 cm³/mol. The van der Waals surface area contributed by atoms with Gasteiger partial charge < -0.3 is 10.5 Å². The fraction of sp³-hybridized carbons (Fsp3) is 0.286. The maximum Gasteiger partial charge on any atom is 0.323 e. The number of hydrogen-bond donors (Lipinski definition) is 1. The lowest BCUT2D eigenvalue weighted by atomic mass is 10.2. The van der Waals surface area contributed by atoms with E-state index in [9.17, 15) is 4.79 Å². The van der Waals surface area contributed by atoms with Crippen molar-refractivity contribution in [3.05, 3.63) is 34.4 Å². The van der Waals surface area contributed by atoms with Crippen LogP contribution in [-0.4, -0.2) is 29.9 Å². The number of pyridine rings is 1. The maximum absolute atomic E-state index is 11.3. The fourth-order valence-electron chi connectivity index (χ4n) is 1.81. The van der Waals surface area contributed by atoms with Gasteiger partial charge in [-0.05, 0) is 31.2 Å². The zero-order valence-electron chi connectivity index (χ0n) is 11.6. The first-order chi connectivity index (χ1) is 9.51. The minimum absolute atomic E-state index is 0. The third-order valence-electron chi connectivity index (χ3n) is 2.78. The lowest BCUT2D eigenvalue weighted by molar-refractivity contribution is -0.141. The second kappa shape index (κ2) is 7.98. The molecule has 0 amide bonds.